The number of aromatic nitrogens is 2. The minimum Gasteiger partial charge on any atom is -0.486 e. The van der Waals surface area contributed by atoms with Crippen molar-refractivity contribution in [1.82, 2.24) is 15.3 Å². The number of benzene rings is 1. The Hall–Kier alpha value is -2.01. The van der Waals surface area contributed by atoms with Gasteiger partial charge in [0.1, 0.15) is 13.2 Å². The number of hydrogen-bond donors (Lipinski definition) is 2. The van der Waals surface area contributed by atoms with Gasteiger partial charge in [-0.15, -0.1) is 0 Å². The van der Waals surface area contributed by atoms with E-state index in [0.717, 1.165) is 29.4 Å². The van der Waals surface area contributed by atoms with Gasteiger partial charge in [0, 0.05) is 18.3 Å². The van der Waals surface area contributed by atoms with E-state index in [1.165, 1.54) is 5.56 Å². The lowest BCUT2D eigenvalue weighted by Crippen LogP contribution is -2.20. The molecule has 106 valence electrons. The van der Waals surface area contributed by atoms with Crippen molar-refractivity contribution in [2.45, 2.75) is 26.4 Å². The Morgan fingerprint density at radius 2 is 2.10 bits per heavy atom. The number of aryl methyl sites for hydroxylation is 1. The van der Waals surface area contributed by atoms with Gasteiger partial charge in [0.25, 0.3) is 0 Å². The average molecular weight is 273 g/mol. The molecule has 0 saturated heterocycles. The molecule has 5 heteroatoms. The van der Waals surface area contributed by atoms with Crippen LogP contribution in [0.3, 0.4) is 0 Å². The Morgan fingerprint density at radius 1 is 1.30 bits per heavy atom. The third kappa shape index (κ3) is 2.63. The molecule has 5 nitrogen and oxygen atoms in total. The molecule has 1 aliphatic rings. The second kappa shape index (κ2) is 5.54. The first-order valence-corrected chi connectivity index (χ1v) is 6.86. The zero-order valence-electron chi connectivity index (χ0n) is 11.8. The highest BCUT2D eigenvalue weighted by molar-refractivity contribution is 5.44. The largest absolute Gasteiger partial charge is 0.486 e. The lowest BCUT2D eigenvalue weighted by Gasteiger charge is -2.21. The average Bonchev–Trinajstić information content (AvgIpc) is 2.89. The van der Waals surface area contributed by atoms with Gasteiger partial charge in [-0.05, 0) is 31.5 Å². The zero-order valence-corrected chi connectivity index (χ0v) is 11.8. The maximum atomic E-state index is 5.61. The molecular weight excluding hydrogens is 254 g/mol. The van der Waals surface area contributed by atoms with Gasteiger partial charge in [-0.3, -0.25) is 0 Å². The summed E-state index contributed by atoms with van der Waals surface area (Å²) in [5.41, 5.74) is 3.34. The Balaban J connectivity index is 1.67. The van der Waals surface area contributed by atoms with Crippen molar-refractivity contribution >= 4 is 0 Å². The second-order valence-electron chi connectivity index (χ2n) is 4.98. The summed E-state index contributed by atoms with van der Waals surface area (Å²) in [5.74, 6) is 1.66. The monoisotopic (exact) mass is 273 g/mol. The van der Waals surface area contributed by atoms with Crippen LogP contribution >= 0.6 is 0 Å². The van der Waals surface area contributed by atoms with E-state index in [1.807, 2.05) is 19.1 Å². The SMILES string of the molecule is Cc1[nH]cnc1CNC(C)c1ccc2c(c1)OCCO2. The van der Waals surface area contributed by atoms with Crippen LogP contribution < -0.4 is 14.8 Å². The Labute approximate surface area is 118 Å². The summed E-state index contributed by atoms with van der Waals surface area (Å²) >= 11 is 0. The third-order valence-corrected chi connectivity index (χ3v) is 3.58. The summed E-state index contributed by atoms with van der Waals surface area (Å²) in [6.07, 6.45) is 1.72. The van der Waals surface area contributed by atoms with Crippen molar-refractivity contribution in [3.05, 3.63) is 41.5 Å². The van der Waals surface area contributed by atoms with E-state index in [2.05, 4.69) is 28.3 Å². The molecule has 1 atom stereocenters. The van der Waals surface area contributed by atoms with E-state index >= 15 is 0 Å². The number of fused-ring (bicyclic) bond motifs is 1. The van der Waals surface area contributed by atoms with Gasteiger partial charge >= 0.3 is 0 Å². The standard InChI is InChI=1S/C15H19N3O2/c1-10(16-8-13-11(2)17-9-18-13)12-3-4-14-15(7-12)20-6-5-19-14/h3-4,7,9-10,16H,5-6,8H2,1-2H3,(H,17,18). The Morgan fingerprint density at radius 3 is 2.85 bits per heavy atom. The van der Waals surface area contributed by atoms with E-state index in [-0.39, 0.29) is 6.04 Å². The number of hydrogen-bond acceptors (Lipinski definition) is 4. The van der Waals surface area contributed by atoms with Crippen LogP contribution in [-0.2, 0) is 6.54 Å². The van der Waals surface area contributed by atoms with Crippen LogP contribution in [-0.4, -0.2) is 23.2 Å². The molecule has 0 radical (unpaired) electrons. The van der Waals surface area contributed by atoms with Gasteiger partial charge in [-0.2, -0.15) is 0 Å². The van der Waals surface area contributed by atoms with E-state index in [4.69, 9.17) is 9.47 Å². The predicted octanol–water partition coefficient (Wildman–Crippen LogP) is 2.34. The summed E-state index contributed by atoms with van der Waals surface area (Å²) in [6, 6.07) is 6.32. The van der Waals surface area contributed by atoms with Gasteiger partial charge in [-0.25, -0.2) is 4.98 Å². The number of rotatable bonds is 4. The minimum atomic E-state index is 0.224. The maximum Gasteiger partial charge on any atom is 0.161 e. The van der Waals surface area contributed by atoms with Crippen LogP contribution in [0.2, 0.25) is 0 Å². The molecule has 2 aromatic rings. The zero-order chi connectivity index (χ0) is 13.9. The smallest absolute Gasteiger partial charge is 0.161 e. The van der Waals surface area contributed by atoms with E-state index in [9.17, 15) is 0 Å². The second-order valence-corrected chi connectivity index (χ2v) is 4.98. The summed E-state index contributed by atoms with van der Waals surface area (Å²) in [4.78, 5) is 7.37. The van der Waals surface area contributed by atoms with Gasteiger partial charge in [0.2, 0.25) is 0 Å². The van der Waals surface area contributed by atoms with Crippen molar-refractivity contribution in [2.75, 3.05) is 13.2 Å². The summed E-state index contributed by atoms with van der Waals surface area (Å²) in [7, 11) is 0. The lowest BCUT2D eigenvalue weighted by atomic mass is 10.1. The molecular formula is C15H19N3O2. The van der Waals surface area contributed by atoms with Crippen LogP contribution in [0.1, 0.15) is 29.9 Å². The summed E-state index contributed by atoms with van der Waals surface area (Å²) in [6.45, 7) is 6.14. The number of aromatic amines is 1. The van der Waals surface area contributed by atoms with Crippen LogP contribution in [0.5, 0.6) is 11.5 Å². The van der Waals surface area contributed by atoms with Gasteiger partial charge in [-0.1, -0.05) is 6.07 Å². The van der Waals surface area contributed by atoms with Crippen molar-refractivity contribution in [2.24, 2.45) is 0 Å². The molecule has 0 spiro atoms. The number of ether oxygens (including phenoxy) is 2. The van der Waals surface area contributed by atoms with Crippen LogP contribution in [0.15, 0.2) is 24.5 Å². The molecule has 2 N–H and O–H groups in total. The van der Waals surface area contributed by atoms with Crippen molar-refractivity contribution < 1.29 is 9.47 Å². The number of nitrogens with zero attached hydrogens (tertiary/aromatic N) is 1. The van der Waals surface area contributed by atoms with Crippen LogP contribution in [0.4, 0.5) is 0 Å². The molecule has 0 fully saturated rings. The van der Waals surface area contributed by atoms with E-state index in [1.54, 1.807) is 6.33 Å². The highest BCUT2D eigenvalue weighted by Crippen LogP contribution is 2.32. The van der Waals surface area contributed by atoms with Crippen LogP contribution in [0.25, 0.3) is 0 Å². The van der Waals surface area contributed by atoms with Gasteiger partial charge < -0.3 is 19.8 Å². The molecule has 1 aromatic carbocycles. The van der Waals surface area contributed by atoms with E-state index in [0.29, 0.717) is 13.2 Å². The molecule has 20 heavy (non-hydrogen) atoms. The van der Waals surface area contributed by atoms with Gasteiger partial charge in [0.15, 0.2) is 11.5 Å². The van der Waals surface area contributed by atoms with Crippen molar-refractivity contribution in [1.29, 1.82) is 0 Å². The van der Waals surface area contributed by atoms with Gasteiger partial charge in [0.05, 0.1) is 12.0 Å². The quantitative estimate of drug-likeness (QED) is 0.897. The first-order chi connectivity index (χ1) is 9.74. The highest BCUT2D eigenvalue weighted by Gasteiger charge is 2.14. The topological polar surface area (TPSA) is 59.2 Å². The maximum absolute atomic E-state index is 5.61. The van der Waals surface area contributed by atoms with Crippen molar-refractivity contribution in [3.63, 3.8) is 0 Å². The predicted molar refractivity (Wildman–Crippen MR) is 76.0 cm³/mol. The number of nitrogens with one attached hydrogen (secondary N) is 2. The molecule has 0 saturated carbocycles. The van der Waals surface area contributed by atoms with Crippen molar-refractivity contribution in [3.8, 4) is 11.5 Å². The lowest BCUT2D eigenvalue weighted by molar-refractivity contribution is 0.171. The fraction of sp³-hybridized carbons (Fsp3) is 0.400. The summed E-state index contributed by atoms with van der Waals surface area (Å²) < 4.78 is 11.1. The minimum absolute atomic E-state index is 0.224. The molecule has 1 aromatic heterocycles. The first kappa shape index (κ1) is 13.0. The molecule has 0 aliphatic carbocycles. The molecule has 1 aliphatic heterocycles. The molecule has 3 rings (SSSR count). The molecule has 2 heterocycles. The summed E-state index contributed by atoms with van der Waals surface area (Å²) in [5, 5.41) is 3.47. The number of imidazole rings is 1. The highest BCUT2D eigenvalue weighted by atomic mass is 16.6. The third-order valence-electron chi connectivity index (χ3n) is 3.58. The van der Waals surface area contributed by atoms with E-state index < -0.39 is 0 Å². The molecule has 0 amide bonds. The normalized spacial score (nSPS) is 15.1. The number of H-pyrrole nitrogens is 1. The fourth-order valence-corrected chi connectivity index (χ4v) is 2.26. The fourth-order valence-electron chi connectivity index (χ4n) is 2.26. The van der Waals surface area contributed by atoms with Crippen LogP contribution in [0, 0.1) is 6.92 Å². The molecule has 0 bridgehead atoms. The Bertz CT molecular complexity index is 595. The first-order valence-electron chi connectivity index (χ1n) is 6.86. The molecule has 1 unspecified atom stereocenters. The Kier molecular flexibility index (Phi) is 3.60.